The lowest BCUT2D eigenvalue weighted by molar-refractivity contribution is -0.117. The van der Waals surface area contributed by atoms with Gasteiger partial charge in [-0.15, -0.1) is 0 Å². The number of carbonyl (C=O) groups excluding carboxylic acids is 1. The molecule has 1 heterocycles. The Balaban J connectivity index is 1.89. The topological polar surface area (TPSA) is 76.1 Å². The smallest absolute Gasteiger partial charge is 0.229 e. The highest BCUT2D eigenvalue weighted by Crippen LogP contribution is 2.39. The van der Waals surface area contributed by atoms with E-state index in [0.29, 0.717) is 16.6 Å². The van der Waals surface area contributed by atoms with E-state index >= 15 is 0 Å². The van der Waals surface area contributed by atoms with E-state index in [1.54, 1.807) is 12.1 Å². The number of sulfone groups is 1. The van der Waals surface area contributed by atoms with Crippen LogP contribution in [0.3, 0.4) is 0 Å². The van der Waals surface area contributed by atoms with Crippen molar-refractivity contribution in [1.82, 2.24) is 4.98 Å². The van der Waals surface area contributed by atoms with E-state index in [-0.39, 0.29) is 16.7 Å². The van der Waals surface area contributed by atoms with Crippen LogP contribution in [0.15, 0.2) is 23.1 Å². The number of rotatable bonds is 3. The van der Waals surface area contributed by atoms with Gasteiger partial charge in [0.1, 0.15) is 0 Å². The van der Waals surface area contributed by atoms with E-state index in [4.69, 9.17) is 0 Å². The van der Waals surface area contributed by atoms with Crippen LogP contribution in [-0.4, -0.2) is 25.6 Å². The molecule has 0 aliphatic heterocycles. The van der Waals surface area contributed by atoms with Crippen LogP contribution in [0.5, 0.6) is 0 Å². The molecule has 0 spiro atoms. The average Bonchev–Trinajstić information content (AvgIpc) is 2.95. The average molecular weight is 310 g/mol. The normalized spacial score (nSPS) is 21.9. The first-order valence-electron chi connectivity index (χ1n) is 6.26. The molecule has 3 rings (SSSR count). The summed E-state index contributed by atoms with van der Waals surface area (Å²) in [4.78, 5) is 16.4. The standard InChI is InChI=1S/C13H14N2O3S2/c1-7-5-9(7)12(16)15-13-14-10-4-3-8(20(2,17)18)6-11(10)19-13/h3-4,6-7,9H,5H2,1-2H3,(H,14,15,16)/t7-,9-/m1/s1. The number of fused-ring (bicyclic) bond motifs is 1. The van der Waals surface area contributed by atoms with Gasteiger partial charge >= 0.3 is 0 Å². The molecule has 0 bridgehead atoms. The van der Waals surface area contributed by atoms with Gasteiger partial charge in [-0.05, 0) is 30.5 Å². The Morgan fingerprint density at radius 2 is 2.15 bits per heavy atom. The van der Waals surface area contributed by atoms with Crippen molar-refractivity contribution in [3.63, 3.8) is 0 Å². The summed E-state index contributed by atoms with van der Waals surface area (Å²) < 4.78 is 23.8. The van der Waals surface area contributed by atoms with Crippen LogP contribution in [0.1, 0.15) is 13.3 Å². The van der Waals surface area contributed by atoms with Gasteiger partial charge in [0.05, 0.1) is 15.1 Å². The minimum atomic E-state index is -3.23. The molecule has 2 atom stereocenters. The third-order valence-corrected chi connectivity index (χ3v) is 5.51. The van der Waals surface area contributed by atoms with E-state index < -0.39 is 9.84 Å². The summed E-state index contributed by atoms with van der Waals surface area (Å²) in [6, 6.07) is 4.79. The molecule has 1 aromatic heterocycles. The molecule has 1 aliphatic carbocycles. The number of hydrogen-bond donors (Lipinski definition) is 1. The van der Waals surface area contributed by atoms with Crippen molar-refractivity contribution in [2.45, 2.75) is 18.2 Å². The number of anilines is 1. The molecule has 2 aromatic rings. The highest BCUT2D eigenvalue weighted by Gasteiger charge is 2.39. The number of benzene rings is 1. The lowest BCUT2D eigenvalue weighted by atomic mass is 10.3. The largest absolute Gasteiger partial charge is 0.302 e. The van der Waals surface area contributed by atoms with E-state index in [1.165, 1.54) is 23.7 Å². The fraction of sp³-hybridized carbons (Fsp3) is 0.385. The third-order valence-electron chi connectivity index (χ3n) is 3.46. The maximum Gasteiger partial charge on any atom is 0.229 e. The first-order chi connectivity index (χ1) is 9.34. The molecule has 106 valence electrons. The SMILES string of the molecule is C[C@@H]1C[C@H]1C(=O)Nc1nc2ccc(S(C)(=O)=O)cc2s1. The number of carbonyl (C=O) groups is 1. The Hall–Kier alpha value is -1.47. The molecule has 1 aromatic carbocycles. The van der Waals surface area contributed by atoms with Gasteiger partial charge in [0.15, 0.2) is 15.0 Å². The summed E-state index contributed by atoms with van der Waals surface area (Å²) in [6.07, 6.45) is 2.10. The molecular formula is C13H14N2O3S2. The van der Waals surface area contributed by atoms with Gasteiger partial charge in [-0.25, -0.2) is 13.4 Å². The van der Waals surface area contributed by atoms with Gasteiger partial charge in [-0.3, -0.25) is 4.79 Å². The molecule has 1 N–H and O–H groups in total. The monoisotopic (exact) mass is 310 g/mol. The summed E-state index contributed by atoms with van der Waals surface area (Å²) in [5.41, 5.74) is 0.696. The molecule has 1 saturated carbocycles. The quantitative estimate of drug-likeness (QED) is 0.943. The first kappa shape index (κ1) is 13.5. The van der Waals surface area contributed by atoms with Gasteiger partial charge in [-0.2, -0.15) is 0 Å². The molecule has 5 nitrogen and oxygen atoms in total. The number of nitrogens with zero attached hydrogens (tertiary/aromatic N) is 1. The molecule has 1 amide bonds. The van der Waals surface area contributed by atoms with Crippen molar-refractivity contribution in [2.75, 3.05) is 11.6 Å². The second kappa shape index (κ2) is 4.53. The Labute approximate surface area is 120 Å². The highest BCUT2D eigenvalue weighted by atomic mass is 32.2. The fourth-order valence-electron chi connectivity index (χ4n) is 2.07. The van der Waals surface area contributed by atoms with Crippen LogP contribution in [-0.2, 0) is 14.6 Å². The first-order valence-corrected chi connectivity index (χ1v) is 8.97. The van der Waals surface area contributed by atoms with E-state index in [9.17, 15) is 13.2 Å². The zero-order chi connectivity index (χ0) is 14.5. The summed E-state index contributed by atoms with van der Waals surface area (Å²) in [5, 5.41) is 3.32. The van der Waals surface area contributed by atoms with Crippen molar-refractivity contribution in [3.05, 3.63) is 18.2 Å². The van der Waals surface area contributed by atoms with Gasteiger partial charge in [-0.1, -0.05) is 18.3 Å². The minimum Gasteiger partial charge on any atom is -0.302 e. The maximum absolute atomic E-state index is 11.8. The summed E-state index contributed by atoms with van der Waals surface area (Å²) in [6.45, 7) is 2.04. The van der Waals surface area contributed by atoms with Gasteiger partial charge in [0, 0.05) is 12.2 Å². The molecule has 7 heteroatoms. The number of nitrogens with one attached hydrogen (secondary N) is 1. The molecule has 20 heavy (non-hydrogen) atoms. The Morgan fingerprint density at radius 3 is 2.75 bits per heavy atom. The van der Waals surface area contributed by atoms with Crippen LogP contribution in [0.4, 0.5) is 5.13 Å². The van der Waals surface area contributed by atoms with Crippen molar-refractivity contribution >= 4 is 42.4 Å². The number of thiazole rings is 1. The number of aromatic nitrogens is 1. The Bertz CT molecular complexity index is 795. The van der Waals surface area contributed by atoms with Crippen molar-refractivity contribution in [2.24, 2.45) is 11.8 Å². The molecule has 1 fully saturated rings. The molecule has 0 saturated heterocycles. The number of hydrogen-bond acceptors (Lipinski definition) is 5. The van der Waals surface area contributed by atoms with Gasteiger partial charge < -0.3 is 5.32 Å². The lowest BCUT2D eigenvalue weighted by Gasteiger charge is -1.97. The number of amides is 1. The second-order valence-corrected chi connectivity index (χ2v) is 8.28. The minimum absolute atomic E-state index is 0.0000994. The van der Waals surface area contributed by atoms with Gasteiger partial charge in [0.2, 0.25) is 5.91 Å². The fourth-order valence-corrected chi connectivity index (χ4v) is 3.70. The van der Waals surface area contributed by atoms with Crippen molar-refractivity contribution in [1.29, 1.82) is 0 Å². The third kappa shape index (κ3) is 2.55. The van der Waals surface area contributed by atoms with E-state index in [2.05, 4.69) is 10.3 Å². The molecular weight excluding hydrogens is 296 g/mol. The zero-order valence-corrected chi connectivity index (χ0v) is 12.7. The van der Waals surface area contributed by atoms with E-state index in [0.717, 1.165) is 11.1 Å². The predicted octanol–water partition coefficient (Wildman–Crippen LogP) is 2.29. The highest BCUT2D eigenvalue weighted by molar-refractivity contribution is 7.90. The second-order valence-electron chi connectivity index (χ2n) is 5.23. The van der Waals surface area contributed by atoms with Crippen LogP contribution < -0.4 is 5.32 Å². The van der Waals surface area contributed by atoms with Crippen molar-refractivity contribution in [3.8, 4) is 0 Å². The summed E-state index contributed by atoms with van der Waals surface area (Å²) in [7, 11) is -3.23. The van der Waals surface area contributed by atoms with E-state index in [1.807, 2.05) is 6.92 Å². The molecule has 1 aliphatic rings. The van der Waals surface area contributed by atoms with Gasteiger partial charge in [0.25, 0.3) is 0 Å². The van der Waals surface area contributed by atoms with Crippen LogP contribution >= 0.6 is 11.3 Å². The predicted molar refractivity (Wildman–Crippen MR) is 78.6 cm³/mol. The van der Waals surface area contributed by atoms with Crippen LogP contribution in [0, 0.1) is 11.8 Å². The van der Waals surface area contributed by atoms with Crippen LogP contribution in [0.25, 0.3) is 10.2 Å². The Kier molecular flexibility index (Phi) is 3.06. The van der Waals surface area contributed by atoms with Crippen molar-refractivity contribution < 1.29 is 13.2 Å². The zero-order valence-electron chi connectivity index (χ0n) is 11.1. The lowest BCUT2D eigenvalue weighted by Crippen LogP contribution is -2.14. The summed E-state index contributed by atoms with van der Waals surface area (Å²) in [5.74, 6) is 0.537. The summed E-state index contributed by atoms with van der Waals surface area (Å²) >= 11 is 1.29. The van der Waals surface area contributed by atoms with Crippen LogP contribution in [0.2, 0.25) is 0 Å². The maximum atomic E-state index is 11.8. The Morgan fingerprint density at radius 1 is 1.45 bits per heavy atom. The molecule has 0 unspecified atom stereocenters. The molecule has 0 radical (unpaired) electrons.